The van der Waals surface area contributed by atoms with Crippen LogP contribution in [0.4, 0.5) is 0 Å². The van der Waals surface area contributed by atoms with Gasteiger partial charge in [0.15, 0.2) is 0 Å². The van der Waals surface area contributed by atoms with Crippen LogP contribution in [-0.2, 0) is 11.0 Å². The van der Waals surface area contributed by atoms with Crippen LogP contribution in [0.25, 0.3) is 0 Å². The first kappa shape index (κ1) is 31.7. The molecule has 3 aromatic carbocycles. The molecule has 4 nitrogen and oxygen atoms in total. The number of aldehydes is 1. The molecule has 0 spiro atoms. The van der Waals surface area contributed by atoms with Crippen molar-refractivity contribution in [3.63, 3.8) is 0 Å². The highest BCUT2D eigenvalue weighted by Gasteiger charge is 2.34. The van der Waals surface area contributed by atoms with E-state index in [2.05, 4.69) is 34.5 Å². The number of rotatable bonds is 10. The Morgan fingerprint density at radius 1 is 0.805 bits per heavy atom. The van der Waals surface area contributed by atoms with Gasteiger partial charge in [0.1, 0.15) is 6.29 Å². The lowest BCUT2D eigenvalue weighted by molar-refractivity contribution is -0.0261. The second kappa shape index (κ2) is 15.9. The first-order valence-corrected chi connectivity index (χ1v) is 15.9. The molecule has 2 fully saturated rings. The molecule has 0 aromatic heterocycles. The summed E-state index contributed by atoms with van der Waals surface area (Å²) in [6.07, 6.45) is 11.1. The molecule has 220 valence electrons. The van der Waals surface area contributed by atoms with Gasteiger partial charge in [-0.3, -0.25) is 4.79 Å². The summed E-state index contributed by atoms with van der Waals surface area (Å²) in [6.45, 7) is 5.25. The Morgan fingerprint density at radius 2 is 1.49 bits per heavy atom. The van der Waals surface area contributed by atoms with Crippen molar-refractivity contribution < 1.29 is 9.90 Å². The average Bonchev–Trinajstić information content (AvgIpc) is 3.03. The van der Waals surface area contributed by atoms with Crippen LogP contribution in [0.5, 0.6) is 0 Å². The molecule has 2 saturated heterocycles. The lowest BCUT2D eigenvalue weighted by Gasteiger charge is -2.39. The average molecular weight is 596 g/mol. The van der Waals surface area contributed by atoms with E-state index < -0.39 is 5.60 Å². The van der Waals surface area contributed by atoms with E-state index in [1.165, 1.54) is 50.5 Å². The van der Waals surface area contributed by atoms with Crippen LogP contribution < -0.4 is 5.32 Å². The van der Waals surface area contributed by atoms with Gasteiger partial charge in [-0.25, -0.2) is 0 Å². The Bertz CT molecular complexity index is 1190. The number of piperidine rings is 2. The van der Waals surface area contributed by atoms with E-state index in [0.717, 1.165) is 63.0 Å². The molecule has 0 radical (unpaired) electrons. The summed E-state index contributed by atoms with van der Waals surface area (Å²) in [5.41, 5.74) is 2.67. The Kier molecular flexibility index (Phi) is 12.3. The van der Waals surface area contributed by atoms with Crippen molar-refractivity contribution in [2.75, 3.05) is 32.7 Å². The maximum absolute atomic E-state index is 11.0. The van der Waals surface area contributed by atoms with Crippen LogP contribution in [-0.4, -0.2) is 49.0 Å². The van der Waals surface area contributed by atoms with Crippen LogP contribution in [0.1, 0.15) is 79.3 Å². The van der Waals surface area contributed by atoms with Crippen molar-refractivity contribution in [1.82, 2.24) is 10.2 Å². The van der Waals surface area contributed by atoms with Crippen molar-refractivity contribution in [2.24, 2.45) is 0 Å². The van der Waals surface area contributed by atoms with Gasteiger partial charge in [0.05, 0.1) is 15.6 Å². The van der Waals surface area contributed by atoms with E-state index in [4.69, 9.17) is 23.2 Å². The van der Waals surface area contributed by atoms with Crippen LogP contribution in [0, 0.1) is 0 Å². The third-order valence-corrected chi connectivity index (χ3v) is 9.55. The molecule has 41 heavy (non-hydrogen) atoms. The topological polar surface area (TPSA) is 52.6 Å². The molecule has 2 aliphatic rings. The zero-order valence-electron chi connectivity index (χ0n) is 24.0. The lowest BCUT2D eigenvalue weighted by Crippen LogP contribution is -2.43. The molecule has 0 bridgehead atoms. The number of hydrogen-bond acceptors (Lipinski definition) is 4. The summed E-state index contributed by atoms with van der Waals surface area (Å²) in [6, 6.07) is 25.5. The zero-order chi connectivity index (χ0) is 29.0. The molecular weight excluding hydrogens is 551 g/mol. The summed E-state index contributed by atoms with van der Waals surface area (Å²) in [4.78, 5) is 12.5. The fraction of sp³-hybridized carbons (Fsp3) is 0.457. The Labute approximate surface area is 256 Å². The molecule has 0 aliphatic carbocycles. The number of halogens is 2. The van der Waals surface area contributed by atoms with E-state index in [1.807, 2.05) is 42.5 Å². The number of carbonyl (C=O) groups excluding carboxylic acids is 1. The third-order valence-electron chi connectivity index (χ3n) is 8.81. The predicted octanol–water partition coefficient (Wildman–Crippen LogP) is 8.05. The predicted molar refractivity (Wildman–Crippen MR) is 171 cm³/mol. The highest BCUT2D eigenvalue weighted by molar-refractivity contribution is 6.42. The first-order chi connectivity index (χ1) is 19.9. The Balaban J connectivity index is 0.000000417. The minimum atomic E-state index is -0.648. The van der Waals surface area contributed by atoms with Crippen molar-refractivity contribution in [3.05, 3.63) is 106 Å². The zero-order valence-corrected chi connectivity index (χ0v) is 25.6. The maximum atomic E-state index is 11.0. The highest BCUT2D eigenvalue weighted by atomic mass is 35.5. The van der Waals surface area contributed by atoms with E-state index in [9.17, 15) is 9.90 Å². The summed E-state index contributed by atoms with van der Waals surface area (Å²) < 4.78 is 0. The number of likely N-dealkylation sites (tertiary alicyclic amines) is 1. The molecule has 1 unspecified atom stereocenters. The SMILES string of the molecule is O=Cc1ccccc1.OC1(c2ccccc2)CCN(CCCCCCC2(c3ccc(Cl)c(Cl)c3)CCCNC2)CC1. The smallest absolute Gasteiger partial charge is 0.150 e. The van der Waals surface area contributed by atoms with E-state index in [1.54, 1.807) is 12.1 Å². The van der Waals surface area contributed by atoms with Crippen molar-refractivity contribution >= 4 is 29.5 Å². The van der Waals surface area contributed by atoms with Gasteiger partial charge in [0, 0.05) is 30.6 Å². The number of unbranched alkanes of at least 4 members (excludes halogenated alkanes) is 3. The summed E-state index contributed by atoms with van der Waals surface area (Å²) in [5.74, 6) is 0. The van der Waals surface area contributed by atoms with Crippen LogP contribution >= 0.6 is 23.2 Å². The fourth-order valence-electron chi connectivity index (χ4n) is 6.27. The molecule has 2 heterocycles. The van der Waals surface area contributed by atoms with Gasteiger partial charge in [-0.15, -0.1) is 0 Å². The molecule has 6 heteroatoms. The van der Waals surface area contributed by atoms with Gasteiger partial charge >= 0.3 is 0 Å². The Morgan fingerprint density at radius 3 is 2.10 bits per heavy atom. The summed E-state index contributed by atoms with van der Waals surface area (Å²) in [5, 5.41) is 16.0. The van der Waals surface area contributed by atoms with E-state index in [0.29, 0.717) is 10.0 Å². The van der Waals surface area contributed by atoms with Gasteiger partial charge in [-0.05, 0) is 74.9 Å². The van der Waals surface area contributed by atoms with E-state index >= 15 is 0 Å². The molecule has 2 aliphatic heterocycles. The quantitative estimate of drug-likeness (QED) is 0.184. The number of hydrogen-bond donors (Lipinski definition) is 2. The van der Waals surface area contributed by atoms with Gasteiger partial charge in [-0.1, -0.05) is 109 Å². The van der Waals surface area contributed by atoms with Gasteiger partial charge in [-0.2, -0.15) is 0 Å². The van der Waals surface area contributed by atoms with Crippen molar-refractivity contribution in [3.8, 4) is 0 Å². The van der Waals surface area contributed by atoms with Crippen LogP contribution in [0.15, 0.2) is 78.9 Å². The molecule has 0 amide bonds. The number of benzene rings is 3. The first-order valence-electron chi connectivity index (χ1n) is 15.1. The minimum Gasteiger partial charge on any atom is -0.385 e. The Hall–Kier alpha value is -2.21. The maximum Gasteiger partial charge on any atom is 0.150 e. The monoisotopic (exact) mass is 594 g/mol. The molecule has 5 rings (SSSR count). The third kappa shape index (κ3) is 9.14. The molecule has 2 N–H and O–H groups in total. The second-order valence-corrected chi connectivity index (χ2v) is 12.4. The van der Waals surface area contributed by atoms with Crippen molar-refractivity contribution in [2.45, 2.75) is 68.8 Å². The van der Waals surface area contributed by atoms with Gasteiger partial charge in [0.25, 0.3) is 0 Å². The minimum absolute atomic E-state index is 0.182. The summed E-state index contributed by atoms with van der Waals surface area (Å²) in [7, 11) is 0. The van der Waals surface area contributed by atoms with Crippen molar-refractivity contribution in [1.29, 1.82) is 0 Å². The second-order valence-electron chi connectivity index (χ2n) is 11.6. The van der Waals surface area contributed by atoms with Crippen LogP contribution in [0.3, 0.4) is 0 Å². The number of aliphatic hydroxyl groups is 1. The number of carbonyl (C=O) groups is 1. The highest BCUT2D eigenvalue weighted by Crippen LogP contribution is 2.39. The number of nitrogens with zero attached hydrogens (tertiary/aromatic N) is 1. The molecular formula is C35H44Cl2N2O2. The van der Waals surface area contributed by atoms with Crippen LogP contribution in [0.2, 0.25) is 10.0 Å². The molecule has 0 saturated carbocycles. The van der Waals surface area contributed by atoms with Gasteiger partial charge in [0.2, 0.25) is 0 Å². The van der Waals surface area contributed by atoms with Gasteiger partial charge < -0.3 is 15.3 Å². The van der Waals surface area contributed by atoms with E-state index in [-0.39, 0.29) is 5.41 Å². The largest absolute Gasteiger partial charge is 0.385 e. The lowest BCUT2D eigenvalue weighted by atomic mass is 9.71. The standard InChI is InChI=1S/C28H38Cl2N2O.C7H6O/c29-25-12-11-24(21-26(25)30)27(14-8-17-31-22-27)13-6-1-2-7-18-32-19-15-28(33,16-20-32)23-9-4-3-5-10-23;8-6-7-4-2-1-3-5-7/h3-5,9-12,21,31,33H,1-2,6-8,13-20,22H2;1-6H. The summed E-state index contributed by atoms with van der Waals surface area (Å²) >= 11 is 12.5. The fourth-order valence-corrected chi connectivity index (χ4v) is 6.56. The molecule has 3 aromatic rings. The molecule has 1 atom stereocenters. The number of nitrogens with one attached hydrogen (secondary N) is 1. The normalized spacial score (nSPS) is 20.6.